The number of primary amides is 1. The van der Waals surface area contributed by atoms with Gasteiger partial charge in [0.25, 0.3) is 0 Å². The van der Waals surface area contributed by atoms with E-state index in [4.69, 9.17) is 5.73 Å². The molecule has 0 fully saturated rings. The summed E-state index contributed by atoms with van der Waals surface area (Å²) < 4.78 is 0. The van der Waals surface area contributed by atoms with E-state index in [0.717, 1.165) is 18.5 Å². The highest BCUT2D eigenvalue weighted by atomic mass is 16.1. The summed E-state index contributed by atoms with van der Waals surface area (Å²) in [5, 5.41) is 3.43. The molecule has 0 saturated carbocycles. The van der Waals surface area contributed by atoms with Crippen LogP contribution in [-0.2, 0) is 6.42 Å². The minimum absolute atomic E-state index is 0.387. The fraction of sp³-hybridized carbons (Fsp3) is 0.188. The van der Waals surface area contributed by atoms with Gasteiger partial charge in [0.15, 0.2) is 0 Å². The molecule has 0 bridgehead atoms. The summed E-state index contributed by atoms with van der Waals surface area (Å²) >= 11 is 0. The van der Waals surface area contributed by atoms with Gasteiger partial charge >= 0.3 is 0 Å². The maximum Gasteiger partial charge on any atom is 0.248 e. The van der Waals surface area contributed by atoms with Crippen molar-refractivity contribution in [3.8, 4) is 11.1 Å². The third-order valence-electron chi connectivity index (χ3n) is 3.68. The van der Waals surface area contributed by atoms with E-state index in [1.807, 2.05) is 12.1 Å². The average Bonchev–Trinajstić information content (AvgIpc) is 2.89. The molecule has 0 aromatic heterocycles. The van der Waals surface area contributed by atoms with Gasteiger partial charge in [-0.2, -0.15) is 0 Å². The normalized spacial score (nSPS) is 12.9. The first-order chi connectivity index (χ1) is 9.16. The second kappa shape index (κ2) is 4.43. The molecule has 0 radical (unpaired) electrons. The lowest BCUT2D eigenvalue weighted by Gasteiger charge is -2.11. The fourth-order valence-corrected chi connectivity index (χ4v) is 2.67. The Balaban J connectivity index is 2.08. The van der Waals surface area contributed by atoms with E-state index in [-0.39, 0.29) is 5.91 Å². The number of aryl methyl sites for hydroxylation is 1. The number of hydrogen-bond acceptors (Lipinski definition) is 2. The molecule has 0 unspecified atom stereocenters. The molecule has 3 rings (SSSR count). The summed E-state index contributed by atoms with van der Waals surface area (Å²) in [6.45, 7) is 3.11. The van der Waals surface area contributed by atoms with Gasteiger partial charge in [0, 0.05) is 17.8 Å². The molecule has 19 heavy (non-hydrogen) atoms. The van der Waals surface area contributed by atoms with Crippen molar-refractivity contribution in [2.24, 2.45) is 5.73 Å². The summed E-state index contributed by atoms with van der Waals surface area (Å²) in [5.41, 5.74) is 12.1. The van der Waals surface area contributed by atoms with Crippen molar-refractivity contribution in [3.05, 3.63) is 53.1 Å². The lowest BCUT2D eigenvalue weighted by atomic mass is 9.95. The Morgan fingerprint density at radius 1 is 1.16 bits per heavy atom. The van der Waals surface area contributed by atoms with Crippen LogP contribution in [0.25, 0.3) is 11.1 Å². The maximum absolute atomic E-state index is 11.1. The molecule has 1 aliphatic heterocycles. The minimum Gasteiger partial charge on any atom is -0.384 e. The second-order valence-corrected chi connectivity index (χ2v) is 4.90. The number of benzene rings is 2. The molecular formula is C16H16N2O. The van der Waals surface area contributed by atoms with Crippen LogP contribution in [-0.4, -0.2) is 12.5 Å². The highest BCUT2D eigenvalue weighted by Gasteiger charge is 2.17. The van der Waals surface area contributed by atoms with Crippen LogP contribution in [0, 0.1) is 6.92 Å². The van der Waals surface area contributed by atoms with Gasteiger partial charge in [0.05, 0.1) is 0 Å². The molecule has 3 nitrogen and oxygen atoms in total. The van der Waals surface area contributed by atoms with Gasteiger partial charge in [0.1, 0.15) is 0 Å². The van der Waals surface area contributed by atoms with Crippen LogP contribution < -0.4 is 11.1 Å². The number of carbonyl (C=O) groups excluding carboxylic acids is 1. The van der Waals surface area contributed by atoms with Crippen molar-refractivity contribution in [1.82, 2.24) is 0 Å². The van der Waals surface area contributed by atoms with E-state index < -0.39 is 0 Å². The van der Waals surface area contributed by atoms with E-state index in [0.29, 0.717) is 5.56 Å². The van der Waals surface area contributed by atoms with E-state index in [1.54, 1.807) is 12.1 Å². The van der Waals surface area contributed by atoms with Crippen molar-refractivity contribution in [3.63, 3.8) is 0 Å². The van der Waals surface area contributed by atoms with Gasteiger partial charge in [-0.1, -0.05) is 24.3 Å². The Morgan fingerprint density at radius 2 is 1.89 bits per heavy atom. The molecule has 3 heteroatoms. The monoisotopic (exact) mass is 252 g/mol. The zero-order valence-electron chi connectivity index (χ0n) is 10.9. The molecule has 0 saturated heterocycles. The van der Waals surface area contributed by atoms with Crippen molar-refractivity contribution in [1.29, 1.82) is 0 Å². The molecule has 0 atom stereocenters. The number of nitrogens with two attached hydrogens (primary N) is 1. The standard InChI is InChI=1S/C16H16N2O/c1-10-2-7-13(14-8-9-18-15(10)14)11-3-5-12(6-4-11)16(17)19/h2-7,18H,8-9H2,1H3,(H2,17,19). The maximum atomic E-state index is 11.1. The van der Waals surface area contributed by atoms with Crippen molar-refractivity contribution in [2.75, 3.05) is 11.9 Å². The van der Waals surface area contributed by atoms with Gasteiger partial charge in [-0.3, -0.25) is 4.79 Å². The van der Waals surface area contributed by atoms with Crippen LogP contribution in [0.5, 0.6) is 0 Å². The topological polar surface area (TPSA) is 55.1 Å². The molecule has 0 aliphatic carbocycles. The summed E-state index contributed by atoms with van der Waals surface area (Å²) in [4.78, 5) is 11.1. The Kier molecular flexibility index (Phi) is 2.75. The smallest absolute Gasteiger partial charge is 0.248 e. The molecule has 1 amide bonds. The Bertz CT molecular complexity index is 645. The van der Waals surface area contributed by atoms with Gasteiger partial charge in [0.2, 0.25) is 5.91 Å². The first-order valence-electron chi connectivity index (χ1n) is 6.43. The molecule has 3 N–H and O–H groups in total. The number of carbonyl (C=O) groups is 1. The lowest BCUT2D eigenvalue weighted by molar-refractivity contribution is 0.100. The first kappa shape index (κ1) is 11.8. The van der Waals surface area contributed by atoms with E-state index in [9.17, 15) is 4.79 Å². The van der Waals surface area contributed by atoms with E-state index >= 15 is 0 Å². The second-order valence-electron chi connectivity index (χ2n) is 4.90. The van der Waals surface area contributed by atoms with E-state index in [2.05, 4.69) is 24.4 Å². The predicted molar refractivity (Wildman–Crippen MR) is 77.3 cm³/mol. The Labute approximate surface area is 112 Å². The highest BCUT2D eigenvalue weighted by molar-refractivity contribution is 5.93. The number of nitrogens with one attached hydrogen (secondary N) is 1. The molecule has 1 aliphatic rings. The van der Waals surface area contributed by atoms with Crippen LogP contribution in [0.4, 0.5) is 5.69 Å². The molecule has 2 aromatic rings. The molecule has 0 spiro atoms. The minimum atomic E-state index is -0.387. The van der Waals surface area contributed by atoms with Crippen molar-refractivity contribution < 1.29 is 4.79 Å². The summed E-state index contributed by atoms with van der Waals surface area (Å²) in [6, 6.07) is 11.8. The van der Waals surface area contributed by atoms with Crippen LogP contribution in [0.15, 0.2) is 36.4 Å². The van der Waals surface area contributed by atoms with Crippen LogP contribution >= 0.6 is 0 Å². The molecule has 1 heterocycles. The molecular weight excluding hydrogens is 236 g/mol. The average molecular weight is 252 g/mol. The summed E-state index contributed by atoms with van der Waals surface area (Å²) in [6.07, 6.45) is 1.05. The third-order valence-corrected chi connectivity index (χ3v) is 3.68. The molecule has 2 aromatic carbocycles. The van der Waals surface area contributed by atoms with Crippen molar-refractivity contribution >= 4 is 11.6 Å². The Morgan fingerprint density at radius 3 is 2.58 bits per heavy atom. The van der Waals surface area contributed by atoms with Gasteiger partial charge in [-0.25, -0.2) is 0 Å². The highest BCUT2D eigenvalue weighted by Crippen LogP contribution is 2.35. The largest absolute Gasteiger partial charge is 0.384 e. The van der Waals surface area contributed by atoms with Gasteiger partial charge in [-0.05, 0) is 47.7 Å². The van der Waals surface area contributed by atoms with Crippen LogP contribution in [0.1, 0.15) is 21.5 Å². The predicted octanol–water partition coefficient (Wildman–Crippen LogP) is 2.73. The zero-order valence-corrected chi connectivity index (χ0v) is 10.9. The summed E-state index contributed by atoms with van der Waals surface area (Å²) in [5.74, 6) is -0.387. The quantitative estimate of drug-likeness (QED) is 0.863. The Hall–Kier alpha value is -2.29. The molecule has 96 valence electrons. The van der Waals surface area contributed by atoms with Crippen molar-refractivity contribution in [2.45, 2.75) is 13.3 Å². The number of anilines is 1. The zero-order chi connectivity index (χ0) is 13.4. The number of amides is 1. The fourth-order valence-electron chi connectivity index (χ4n) is 2.67. The number of fused-ring (bicyclic) bond motifs is 1. The SMILES string of the molecule is Cc1ccc(-c2ccc(C(N)=O)cc2)c2c1NCC2. The van der Waals surface area contributed by atoms with Crippen LogP contribution in [0.2, 0.25) is 0 Å². The first-order valence-corrected chi connectivity index (χ1v) is 6.43. The van der Waals surface area contributed by atoms with E-state index in [1.165, 1.54) is 22.4 Å². The lowest BCUT2D eigenvalue weighted by Crippen LogP contribution is -2.10. The number of rotatable bonds is 2. The summed E-state index contributed by atoms with van der Waals surface area (Å²) in [7, 11) is 0. The van der Waals surface area contributed by atoms with Crippen LogP contribution in [0.3, 0.4) is 0 Å². The van der Waals surface area contributed by atoms with Gasteiger partial charge in [-0.15, -0.1) is 0 Å². The van der Waals surface area contributed by atoms with Gasteiger partial charge < -0.3 is 11.1 Å². The third kappa shape index (κ3) is 1.97. The number of hydrogen-bond donors (Lipinski definition) is 2.